The highest BCUT2D eigenvalue weighted by molar-refractivity contribution is 5.74. The maximum absolute atomic E-state index is 4.57. The normalized spacial score (nSPS) is 12.8. The standard InChI is InChI=1S/C14H13N3/c15-13(10-6-2-1-3-7-10)14-16-11-8-4-5-9-12(11)17-14/h1-9,13H,15H2,(H,16,17)/p+1/t13-/m0/s1. The molecule has 0 fully saturated rings. The van der Waals surface area contributed by atoms with Crippen molar-refractivity contribution >= 4 is 11.0 Å². The maximum atomic E-state index is 4.57. The zero-order chi connectivity index (χ0) is 11.7. The number of fused-ring (bicyclic) bond motifs is 1. The molecule has 84 valence electrons. The van der Waals surface area contributed by atoms with Gasteiger partial charge >= 0.3 is 0 Å². The molecule has 0 saturated heterocycles. The molecule has 17 heavy (non-hydrogen) atoms. The van der Waals surface area contributed by atoms with Gasteiger partial charge in [0.05, 0.1) is 11.0 Å². The zero-order valence-electron chi connectivity index (χ0n) is 9.43. The lowest BCUT2D eigenvalue weighted by atomic mass is 10.1. The van der Waals surface area contributed by atoms with E-state index in [4.69, 9.17) is 0 Å². The number of quaternary nitrogens is 1. The molecule has 1 aromatic heterocycles. The summed E-state index contributed by atoms with van der Waals surface area (Å²) in [5.41, 5.74) is 7.41. The van der Waals surface area contributed by atoms with Crippen molar-refractivity contribution in [2.75, 3.05) is 0 Å². The lowest BCUT2D eigenvalue weighted by molar-refractivity contribution is -0.413. The summed E-state index contributed by atoms with van der Waals surface area (Å²) in [6.45, 7) is 0. The van der Waals surface area contributed by atoms with E-state index in [-0.39, 0.29) is 6.04 Å². The fourth-order valence-electron chi connectivity index (χ4n) is 1.98. The number of rotatable bonds is 2. The fraction of sp³-hybridized carbons (Fsp3) is 0.0714. The number of nitrogens with zero attached hydrogens (tertiary/aromatic N) is 1. The Morgan fingerprint density at radius 3 is 2.41 bits per heavy atom. The van der Waals surface area contributed by atoms with Crippen LogP contribution in [0.4, 0.5) is 0 Å². The second kappa shape index (κ2) is 4.03. The van der Waals surface area contributed by atoms with Gasteiger partial charge in [0.1, 0.15) is 0 Å². The van der Waals surface area contributed by atoms with Crippen LogP contribution in [0.5, 0.6) is 0 Å². The molecule has 1 heterocycles. The van der Waals surface area contributed by atoms with Crippen molar-refractivity contribution < 1.29 is 5.73 Å². The Bertz CT molecular complexity index is 595. The second-order valence-corrected chi connectivity index (χ2v) is 4.10. The monoisotopic (exact) mass is 224 g/mol. The maximum Gasteiger partial charge on any atom is 0.170 e. The number of para-hydroxylation sites is 2. The van der Waals surface area contributed by atoms with Gasteiger partial charge in [-0.05, 0) is 12.1 Å². The number of hydrogen-bond acceptors (Lipinski definition) is 1. The molecule has 0 amide bonds. The highest BCUT2D eigenvalue weighted by Gasteiger charge is 2.16. The number of nitrogens with one attached hydrogen (secondary N) is 1. The summed E-state index contributed by atoms with van der Waals surface area (Å²) < 4.78 is 0. The Morgan fingerprint density at radius 2 is 1.65 bits per heavy atom. The van der Waals surface area contributed by atoms with Crippen LogP contribution in [-0.2, 0) is 0 Å². The van der Waals surface area contributed by atoms with E-state index in [2.05, 4.69) is 27.8 Å². The second-order valence-electron chi connectivity index (χ2n) is 4.10. The largest absolute Gasteiger partial charge is 0.345 e. The smallest absolute Gasteiger partial charge is 0.170 e. The number of imidazole rings is 1. The number of hydrogen-bond donors (Lipinski definition) is 2. The third kappa shape index (κ3) is 1.81. The van der Waals surface area contributed by atoms with Gasteiger partial charge in [-0.25, -0.2) is 4.98 Å². The van der Waals surface area contributed by atoms with Crippen LogP contribution in [0.1, 0.15) is 17.4 Å². The van der Waals surface area contributed by atoms with Gasteiger partial charge in [-0.1, -0.05) is 42.5 Å². The van der Waals surface area contributed by atoms with Crippen LogP contribution in [0, 0.1) is 0 Å². The summed E-state index contributed by atoms with van der Waals surface area (Å²) in [5, 5.41) is 0. The highest BCUT2D eigenvalue weighted by Crippen LogP contribution is 2.18. The molecule has 4 N–H and O–H groups in total. The highest BCUT2D eigenvalue weighted by atomic mass is 15.0. The Kier molecular flexibility index (Phi) is 2.38. The van der Waals surface area contributed by atoms with E-state index >= 15 is 0 Å². The Labute approximate surface area is 99.3 Å². The van der Waals surface area contributed by atoms with Gasteiger partial charge in [-0.2, -0.15) is 0 Å². The molecule has 3 aromatic rings. The van der Waals surface area contributed by atoms with Crippen LogP contribution in [0.25, 0.3) is 11.0 Å². The minimum absolute atomic E-state index is 0.0450. The summed E-state index contributed by atoms with van der Waals surface area (Å²) >= 11 is 0. The molecule has 0 bridgehead atoms. The van der Waals surface area contributed by atoms with E-state index < -0.39 is 0 Å². The molecule has 3 heteroatoms. The van der Waals surface area contributed by atoms with E-state index in [0.717, 1.165) is 16.9 Å². The van der Waals surface area contributed by atoms with Crippen LogP contribution in [-0.4, -0.2) is 9.97 Å². The van der Waals surface area contributed by atoms with E-state index in [9.17, 15) is 0 Å². The van der Waals surface area contributed by atoms with Crippen molar-refractivity contribution in [1.29, 1.82) is 0 Å². The van der Waals surface area contributed by atoms with E-state index in [1.165, 1.54) is 5.56 Å². The van der Waals surface area contributed by atoms with Crippen molar-refractivity contribution in [1.82, 2.24) is 9.97 Å². The molecule has 0 aliphatic carbocycles. The van der Waals surface area contributed by atoms with Gasteiger partial charge in [0, 0.05) is 5.56 Å². The summed E-state index contributed by atoms with van der Waals surface area (Å²) in [4.78, 5) is 7.89. The quantitative estimate of drug-likeness (QED) is 0.686. The summed E-state index contributed by atoms with van der Waals surface area (Å²) in [5.74, 6) is 0.914. The molecule has 0 unspecified atom stereocenters. The topological polar surface area (TPSA) is 56.3 Å². The fourth-order valence-corrected chi connectivity index (χ4v) is 1.98. The number of aromatic amines is 1. The Hall–Kier alpha value is -2.13. The van der Waals surface area contributed by atoms with Crippen molar-refractivity contribution in [3.63, 3.8) is 0 Å². The first-order valence-electron chi connectivity index (χ1n) is 5.67. The Balaban J connectivity index is 2.04. The molecule has 0 aliphatic rings. The molecule has 0 aliphatic heterocycles. The minimum atomic E-state index is 0.0450. The number of benzene rings is 2. The van der Waals surface area contributed by atoms with Gasteiger partial charge in [0.2, 0.25) is 0 Å². The van der Waals surface area contributed by atoms with Crippen molar-refractivity contribution in [3.05, 3.63) is 66.0 Å². The van der Waals surface area contributed by atoms with Crippen LogP contribution >= 0.6 is 0 Å². The summed E-state index contributed by atoms with van der Waals surface area (Å²) in [6, 6.07) is 18.3. The Morgan fingerprint density at radius 1 is 0.941 bits per heavy atom. The molecule has 3 rings (SSSR count). The average Bonchev–Trinajstić information content (AvgIpc) is 2.82. The van der Waals surface area contributed by atoms with E-state index in [1.807, 2.05) is 42.5 Å². The minimum Gasteiger partial charge on any atom is -0.345 e. The molecule has 2 aromatic carbocycles. The van der Waals surface area contributed by atoms with Crippen LogP contribution in [0.15, 0.2) is 54.6 Å². The van der Waals surface area contributed by atoms with E-state index in [1.54, 1.807) is 0 Å². The summed E-state index contributed by atoms with van der Waals surface area (Å²) in [7, 11) is 0. The summed E-state index contributed by atoms with van der Waals surface area (Å²) in [6.07, 6.45) is 0. The molecule has 1 atom stereocenters. The van der Waals surface area contributed by atoms with Gasteiger partial charge in [0.15, 0.2) is 11.9 Å². The molecule has 0 radical (unpaired) electrons. The van der Waals surface area contributed by atoms with E-state index in [0.29, 0.717) is 0 Å². The lowest BCUT2D eigenvalue weighted by Crippen LogP contribution is -2.54. The third-order valence-electron chi connectivity index (χ3n) is 2.94. The zero-order valence-corrected chi connectivity index (χ0v) is 9.43. The predicted octanol–water partition coefficient (Wildman–Crippen LogP) is 1.89. The van der Waals surface area contributed by atoms with Gasteiger partial charge in [-0.15, -0.1) is 0 Å². The SMILES string of the molecule is [NH3+][C@@H](c1ccccc1)c1nc2ccccc2[nH]1. The van der Waals surface area contributed by atoms with Crippen molar-refractivity contribution in [2.24, 2.45) is 0 Å². The van der Waals surface area contributed by atoms with Gasteiger partial charge in [-0.3, -0.25) is 0 Å². The molecular weight excluding hydrogens is 210 g/mol. The van der Waals surface area contributed by atoms with Crippen molar-refractivity contribution in [3.8, 4) is 0 Å². The lowest BCUT2D eigenvalue weighted by Gasteiger charge is -2.04. The average molecular weight is 224 g/mol. The first kappa shape index (κ1) is 10.1. The number of aromatic nitrogens is 2. The van der Waals surface area contributed by atoms with Crippen LogP contribution < -0.4 is 5.73 Å². The van der Waals surface area contributed by atoms with Gasteiger partial charge in [0.25, 0.3) is 0 Å². The molecule has 0 saturated carbocycles. The predicted molar refractivity (Wildman–Crippen MR) is 67.3 cm³/mol. The first-order valence-corrected chi connectivity index (χ1v) is 5.67. The molecule has 3 nitrogen and oxygen atoms in total. The van der Waals surface area contributed by atoms with Crippen molar-refractivity contribution in [2.45, 2.75) is 6.04 Å². The molecule has 0 spiro atoms. The third-order valence-corrected chi connectivity index (χ3v) is 2.94. The van der Waals surface area contributed by atoms with Crippen LogP contribution in [0.2, 0.25) is 0 Å². The van der Waals surface area contributed by atoms with Gasteiger partial charge < -0.3 is 10.7 Å². The first-order chi connectivity index (χ1) is 8.34. The van der Waals surface area contributed by atoms with Crippen LogP contribution in [0.3, 0.4) is 0 Å². The molecular formula is C14H14N3+. The number of H-pyrrole nitrogens is 1.